The molecule has 0 fully saturated rings. The van der Waals surface area contributed by atoms with Crippen molar-refractivity contribution in [2.75, 3.05) is 39.3 Å². The van der Waals surface area contributed by atoms with E-state index < -0.39 is 0 Å². The molecule has 352 valence electrons. The molecule has 0 radical (unpaired) electrons. The van der Waals surface area contributed by atoms with Crippen LogP contribution in [0.15, 0.2) is 146 Å². The van der Waals surface area contributed by atoms with E-state index in [1.165, 1.54) is 0 Å². The van der Waals surface area contributed by atoms with Gasteiger partial charge in [-0.25, -0.2) is 0 Å². The third kappa shape index (κ3) is 11.7. The summed E-state index contributed by atoms with van der Waals surface area (Å²) in [5.74, 6) is 1.52. The summed E-state index contributed by atoms with van der Waals surface area (Å²) in [6.45, 7) is 16.9. The molecule has 0 aromatic heterocycles. The summed E-state index contributed by atoms with van der Waals surface area (Å²) in [7, 11) is 0. The molecule has 0 saturated carbocycles. The Morgan fingerprint density at radius 3 is 0.559 bits per heavy atom. The Morgan fingerprint density at radius 1 is 0.250 bits per heavy atom. The van der Waals surface area contributed by atoms with E-state index in [1.54, 1.807) is 0 Å². The lowest BCUT2D eigenvalue weighted by Gasteiger charge is -2.24. The van der Waals surface area contributed by atoms with Crippen LogP contribution in [-0.2, 0) is 77.0 Å². The molecule has 0 atom stereocenters. The predicted octanol–water partition coefficient (Wildman–Crippen LogP) is 10.2. The molecule has 0 aliphatic carbocycles. The molecule has 14 bridgehead atoms. The number of aromatic hydroxyl groups is 6. The van der Waals surface area contributed by atoms with E-state index in [2.05, 4.69) is 29.5 Å². The molecule has 3 aliphatic rings. The van der Waals surface area contributed by atoms with E-state index in [9.17, 15) is 30.6 Å². The first-order valence-electron chi connectivity index (χ1n) is 24.1. The summed E-state index contributed by atoms with van der Waals surface area (Å²) >= 11 is 0. The molecule has 0 spiro atoms. The minimum absolute atomic E-state index is 0.253. The standard InChI is InChI=1S/C60H66N2O6/c1-40-34-49-16-4-10-43(55(49)63)22-28-61-30-24-45-12-6-18-51(57(45)65)36-41(2)37-52-19-7-13-46(58(52)66)25-31-62(29-23-44-11-5-17-50(35-40)56(44)64)33-27-48-15-9-21-54(60(48)68)39-42(3)38-53-20-8-14-47(26-32-61)59(53)67/h4-21,63-68H,1-3,22-39H2. The number of hydrogen-bond acceptors (Lipinski definition) is 8. The van der Waals surface area contributed by atoms with Gasteiger partial charge in [-0.1, -0.05) is 146 Å². The fourth-order valence-corrected chi connectivity index (χ4v) is 10.1. The van der Waals surface area contributed by atoms with Crippen molar-refractivity contribution < 1.29 is 30.6 Å². The highest BCUT2D eigenvalue weighted by atomic mass is 16.3. The third-order valence-corrected chi connectivity index (χ3v) is 14.0. The van der Waals surface area contributed by atoms with Gasteiger partial charge in [0.05, 0.1) is 0 Å². The van der Waals surface area contributed by atoms with Gasteiger partial charge in [0.15, 0.2) is 0 Å². The Hall–Kier alpha value is -6.74. The molecular weight excluding hydrogens is 845 g/mol. The number of allylic oxidation sites excluding steroid dienone is 3. The van der Waals surface area contributed by atoms with Crippen molar-refractivity contribution in [3.63, 3.8) is 0 Å². The smallest absolute Gasteiger partial charge is 0.122 e. The molecular formula is C60H66N2O6. The van der Waals surface area contributed by atoms with E-state index >= 15 is 0 Å². The monoisotopic (exact) mass is 910 g/mol. The van der Waals surface area contributed by atoms with Crippen molar-refractivity contribution in [3.8, 4) is 34.5 Å². The van der Waals surface area contributed by atoms with Crippen molar-refractivity contribution in [2.45, 2.75) is 77.0 Å². The van der Waals surface area contributed by atoms with Crippen LogP contribution in [0.25, 0.3) is 0 Å². The molecule has 68 heavy (non-hydrogen) atoms. The van der Waals surface area contributed by atoms with Gasteiger partial charge in [-0.15, -0.1) is 0 Å². The topological polar surface area (TPSA) is 128 Å². The lowest BCUT2D eigenvalue weighted by atomic mass is 9.94. The molecule has 8 nitrogen and oxygen atoms in total. The van der Waals surface area contributed by atoms with E-state index in [0.717, 1.165) is 83.5 Å². The second kappa shape index (κ2) is 21.9. The average molecular weight is 911 g/mol. The lowest BCUT2D eigenvalue weighted by Crippen LogP contribution is -2.30. The first-order valence-corrected chi connectivity index (χ1v) is 24.1. The van der Waals surface area contributed by atoms with E-state index in [4.69, 9.17) is 0 Å². The highest BCUT2D eigenvalue weighted by Gasteiger charge is 2.20. The van der Waals surface area contributed by atoms with Crippen LogP contribution < -0.4 is 0 Å². The molecule has 9 rings (SSSR count). The Balaban J connectivity index is 1.19. The second-order valence-electron chi connectivity index (χ2n) is 19.0. The van der Waals surface area contributed by atoms with Crippen LogP contribution >= 0.6 is 0 Å². The van der Waals surface area contributed by atoms with Crippen molar-refractivity contribution >= 4 is 0 Å². The lowest BCUT2D eigenvalue weighted by molar-refractivity contribution is 0.280. The number of rotatable bonds is 0. The van der Waals surface area contributed by atoms with Crippen LogP contribution in [0.4, 0.5) is 0 Å². The summed E-state index contributed by atoms with van der Waals surface area (Å²) in [4.78, 5) is 4.65. The van der Waals surface area contributed by atoms with Gasteiger partial charge in [-0.2, -0.15) is 0 Å². The normalized spacial score (nSPS) is 18.3. The number of para-hydroxylation sites is 6. The fourth-order valence-electron chi connectivity index (χ4n) is 10.1. The zero-order valence-corrected chi connectivity index (χ0v) is 39.3. The maximum Gasteiger partial charge on any atom is 0.122 e. The summed E-state index contributed by atoms with van der Waals surface area (Å²) < 4.78 is 0. The van der Waals surface area contributed by atoms with E-state index in [0.29, 0.717) is 116 Å². The van der Waals surface area contributed by atoms with Crippen molar-refractivity contribution in [1.29, 1.82) is 0 Å². The minimum Gasteiger partial charge on any atom is -0.507 e. The maximum absolute atomic E-state index is 11.7. The van der Waals surface area contributed by atoms with Gasteiger partial charge in [-0.3, -0.25) is 0 Å². The van der Waals surface area contributed by atoms with Crippen molar-refractivity contribution in [1.82, 2.24) is 9.80 Å². The van der Waals surface area contributed by atoms with Gasteiger partial charge in [0.25, 0.3) is 0 Å². The van der Waals surface area contributed by atoms with Crippen LogP contribution in [0.3, 0.4) is 0 Å². The number of benzene rings is 6. The van der Waals surface area contributed by atoms with Gasteiger partial charge in [0.2, 0.25) is 0 Å². The number of phenolic OH excluding ortho intramolecular Hbond substituents is 6. The van der Waals surface area contributed by atoms with Gasteiger partial charge in [0.1, 0.15) is 34.5 Å². The molecule has 6 N–H and O–H groups in total. The molecule has 3 aliphatic heterocycles. The predicted molar refractivity (Wildman–Crippen MR) is 273 cm³/mol. The zero-order valence-electron chi connectivity index (χ0n) is 39.3. The Kier molecular flexibility index (Phi) is 15.4. The zero-order chi connectivity index (χ0) is 47.7. The Labute approximate surface area is 402 Å². The van der Waals surface area contributed by atoms with Gasteiger partial charge >= 0.3 is 0 Å². The summed E-state index contributed by atoms with van der Waals surface area (Å²) in [5.41, 5.74) is 12.3. The quantitative estimate of drug-likeness (QED) is 0.0832. The first kappa shape index (κ1) is 47.7. The van der Waals surface area contributed by atoms with E-state index in [1.807, 2.05) is 109 Å². The van der Waals surface area contributed by atoms with Gasteiger partial charge in [0, 0.05) is 39.3 Å². The van der Waals surface area contributed by atoms with Crippen LogP contribution in [-0.4, -0.2) is 79.7 Å². The summed E-state index contributed by atoms with van der Waals surface area (Å²) in [6, 6.07) is 35.3. The van der Waals surface area contributed by atoms with E-state index in [-0.39, 0.29) is 34.5 Å². The minimum atomic E-state index is 0.253. The third-order valence-electron chi connectivity index (χ3n) is 14.0. The number of phenols is 6. The molecule has 6 aromatic rings. The first-order chi connectivity index (χ1) is 32.9. The molecule has 3 heterocycles. The van der Waals surface area contributed by atoms with Crippen LogP contribution in [0, 0.1) is 0 Å². The molecule has 0 saturated heterocycles. The maximum atomic E-state index is 11.7. The van der Waals surface area contributed by atoms with Crippen molar-refractivity contribution in [2.24, 2.45) is 0 Å². The van der Waals surface area contributed by atoms with Crippen molar-refractivity contribution in [3.05, 3.63) is 212 Å². The fraction of sp³-hybridized carbons (Fsp3) is 0.300. The molecule has 0 amide bonds. The van der Waals surface area contributed by atoms with Crippen LogP contribution in [0.2, 0.25) is 0 Å². The van der Waals surface area contributed by atoms with Gasteiger partial charge < -0.3 is 40.4 Å². The van der Waals surface area contributed by atoms with Crippen LogP contribution in [0.5, 0.6) is 34.5 Å². The highest BCUT2D eigenvalue weighted by Crippen LogP contribution is 2.34. The SMILES string of the molecule is C=C1Cc2cccc(c2O)CCN2CCc3cccc(c3O)CC(=C)Cc3cccc(c3O)CCN(CCc3cccc(c3O)C1)CCc1cccc(c1O)CC(=C)Cc1cccc(c1O)CC2. The second-order valence-corrected chi connectivity index (χ2v) is 19.0. The van der Waals surface area contributed by atoms with Crippen LogP contribution in [0.1, 0.15) is 66.8 Å². The molecule has 0 unspecified atom stereocenters. The largest absolute Gasteiger partial charge is 0.507 e. The Morgan fingerprint density at radius 2 is 0.397 bits per heavy atom. The Bertz CT molecular complexity index is 2320. The number of nitrogens with zero attached hydrogens (tertiary/aromatic N) is 2. The molecule has 6 aromatic carbocycles. The highest BCUT2D eigenvalue weighted by molar-refractivity contribution is 5.49. The summed E-state index contributed by atoms with van der Waals surface area (Å²) in [6.07, 6.45) is 6.16. The number of hydrogen-bond donors (Lipinski definition) is 6. The summed E-state index contributed by atoms with van der Waals surface area (Å²) in [5, 5.41) is 70.2. The molecule has 8 heteroatoms. The van der Waals surface area contributed by atoms with Gasteiger partial charge in [-0.05, 0) is 144 Å². The average Bonchev–Trinajstić information content (AvgIpc) is 3.31. The number of fused-ring (bicyclic) bond motifs is 12.